The smallest absolute Gasteiger partial charge is 0.0109 e. The van der Waals surface area contributed by atoms with Gasteiger partial charge in [-0.25, -0.2) is 0 Å². The first-order chi connectivity index (χ1) is 6.89. The van der Waals surface area contributed by atoms with Gasteiger partial charge in [0.25, 0.3) is 0 Å². The van der Waals surface area contributed by atoms with Crippen LogP contribution in [0.2, 0.25) is 0 Å². The van der Waals surface area contributed by atoms with E-state index >= 15 is 0 Å². The monoisotopic (exact) mass is 223 g/mol. The molecular weight excluding hydrogens is 208 g/mol. The summed E-state index contributed by atoms with van der Waals surface area (Å²) < 4.78 is 20.6. The Morgan fingerprint density at radius 3 is 2.13 bits per heavy atom. The molecule has 2 nitrogen and oxygen atoms in total. The van der Waals surface area contributed by atoms with Gasteiger partial charge < -0.3 is 4.55 Å². The lowest BCUT2D eigenvalue weighted by molar-refractivity contribution is 0.546. The summed E-state index contributed by atoms with van der Waals surface area (Å²) in [5.74, 6) is 0. The number of hydrogen-bond donors (Lipinski definition) is 0. The van der Waals surface area contributed by atoms with Crippen LogP contribution in [0, 0.1) is 0 Å². The number of rotatable bonds is 2. The molecule has 0 saturated carbocycles. The second kappa shape index (κ2) is 4.73. The highest BCUT2D eigenvalue weighted by Gasteiger charge is 2.12. The van der Waals surface area contributed by atoms with Crippen LogP contribution in [0.15, 0.2) is 29.7 Å². The molecule has 0 heterocycles. The first kappa shape index (κ1) is 12.1. The maximum absolute atomic E-state index is 10.3. The quantitative estimate of drug-likeness (QED) is 0.723. The van der Waals surface area contributed by atoms with Gasteiger partial charge in [-0.2, -0.15) is 0 Å². The Morgan fingerprint density at radius 2 is 1.73 bits per heavy atom. The van der Waals surface area contributed by atoms with Crippen LogP contribution in [0.4, 0.5) is 0 Å². The molecule has 1 aromatic rings. The molecule has 1 atom stereocenters. The van der Waals surface area contributed by atoms with Gasteiger partial charge in [0, 0.05) is 0 Å². The molecule has 0 aliphatic heterocycles. The second-order valence-electron chi connectivity index (χ2n) is 4.44. The third-order valence-corrected chi connectivity index (χ3v) is 2.51. The molecule has 0 aliphatic rings. The van der Waals surface area contributed by atoms with Crippen molar-refractivity contribution in [3.8, 4) is 0 Å². The molecule has 82 valence electrons. The zero-order valence-corrected chi connectivity index (χ0v) is 10.0. The lowest BCUT2D eigenvalue weighted by atomic mass is 9.87. The zero-order valence-electron chi connectivity index (χ0n) is 9.19. The Kier molecular flexibility index (Phi) is 3.83. The average molecular weight is 223 g/mol. The maximum Gasteiger partial charge on any atom is -0.0109 e. The van der Waals surface area contributed by atoms with E-state index in [1.807, 2.05) is 24.3 Å². The molecule has 0 spiro atoms. The van der Waals surface area contributed by atoms with Crippen molar-refractivity contribution in [1.29, 1.82) is 0 Å². The van der Waals surface area contributed by atoms with Crippen molar-refractivity contribution in [2.75, 3.05) is 0 Å². The fraction of sp³-hybridized carbons (Fsp3) is 0.333. The zero-order chi connectivity index (χ0) is 11.5. The van der Waals surface area contributed by atoms with Crippen LogP contribution >= 0.6 is 0 Å². The maximum atomic E-state index is 10.3. The van der Waals surface area contributed by atoms with Gasteiger partial charge in [0.1, 0.15) is 0 Å². The summed E-state index contributed by atoms with van der Waals surface area (Å²) in [5.41, 5.74) is 2.26. The molecule has 3 heteroatoms. The molecule has 1 rings (SSSR count). The van der Waals surface area contributed by atoms with Gasteiger partial charge >= 0.3 is 0 Å². The van der Waals surface area contributed by atoms with Gasteiger partial charge in [0.2, 0.25) is 0 Å². The second-order valence-corrected chi connectivity index (χ2v) is 5.23. The van der Waals surface area contributed by atoms with E-state index in [0.29, 0.717) is 0 Å². The Labute approximate surface area is 93.3 Å². The van der Waals surface area contributed by atoms with Gasteiger partial charge in [0.15, 0.2) is 0 Å². The van der Waals surface area contributed by atoms with Crippen LogP contribution in [0.5, 0.6) is 0 Å². The molecule has 0 aromatic heterocycles. The van der Waals surface area contributed by atoms with Gasteiger partial charge in [-0.05, 0) is 39.1 Å². The standard InChI is InChI=1S/C12H16O2S/c1-12(2,3)11-6-4-10(5-7-11)8-9-15(13)14/h4-9H,1-3H3,(H,13,14)/p-1/b9-8+. The van der Waals surface area contributed by atoms with Crippen LogP contribution < -0.4 is 0 Å². The third kappa shape index (κ3) is 3.98. The van der Waals surface area contributed by atoms with Crippen molar-refractivity contribution < 1.29 is 8.76 Å². The van der Waals surface area contributed by atoms with E-state index in [0.717, 1.165) is 11.0 Å². The predicted octanol–water partition coefficient (Wildman–Crippen LogP) is 2.83. The highest BCUT2D eigenvalue weighted by Crippen LogP contribution is 2.22. The molecule has 15 heavy (non-hydrogen) atoms. The van der Waals surface area contributed by atoms with Gasteiger partial charge in [0.05, 0.1) is 0 Å². The molecule has 0 aliphatic carbocycles. The Hall–Kier alpha value is -0.930. The van der Waals surface area contributed by atoms with E-state index in [-0.39, 0.29) is 5.41 Å². The van der Waals surface area contributed by atoms with Crippen molar-refractivity contribution >= 4 is 17.2 Å². The highest BCUT2D eigenvalue weighted by molar-refractivity contribution is 7.82. The minimum atomic E-state index is -2.12. The fourth-order valence-electron chi connectivity index (χ4n) is 1.23. The van der Waals surface area contributed by atoms with Crippen LogP contribution in [0.3, 0.4) is 0 Å². The van der Waals surface area contributed by atoms with Crippen molar-refractivity contribution in [3.05, 3.63) is 40.8 Å². The summed E-state index contributed by atoms with van der Waals surface area (Å²) in [6.45, 7) is 6.43. The minimum Gasteiger partial charge on any atom is -0.769 e. The van der Waals surface area contributed by atoms with Crippen LogP contribution in [-0.4, -0.2) is 8.76 Å². The van der Waals surface area contributed by atoms with E-state index < -0.39 is 11.1 Å². The lowest BCUT2D eigenvalue weighted by Crippen LogP contribution is -2.10. The van der Waals surface area contributed by atoms with Crippen molar-refractivity contribution in [2.24, 2.45) is 0 Å². The van der Waals surface area contributed by atoms with E-state index in [1.54, 1.807) is 6.08 Å². The van der Waals surface area contributed by atoms with Crippen molar-refractivity contribution in [1.82, 2.24) is 0 Å². The summed E-state index contributed by atoms with van der Waals surface area (Å²) in [7, 11) is 0. The molecular formula is C12H15O2S-. The van der Waals surface area contributed by atoms with E-state index in [1.165, 1.54) is 5.56 Å². The Morgan fingerprint density at radius 1 is 1.20 bits per heavy atom. The van der Waals surface area contributed by atoms with Crippen LogP contribution in [-0.2, 0) is 16.5 Å². The molecule has 1 aromatic carbocycles. The molecule has 0 amide bonds. The average Bonchev–Trinajstić information content (AvgIpc) is 2.14. The summed E-state index contributed by atoms with van der Waals surface area (Å²) in [4.78, 5) is 0. The van der Waals surface area contributed by atoms with E-state index in [2.05, 4.69) is 20.8 Å². The molecule has 0 radical (unpaired) electrons. The van der Waals surface area contributed by atoms with Crippen LogP contribution in [0.25, 0.3) is 6.08 Å². The predicted molar refractivity (Wildman–Crippen MR) is 63.1 cm³/mol. The van der Waals surface area contributed by atoms with Gasteiger partial charge in [-0.15, -0.1) is 0 Å². The number of hydrogen-bond acceptors (Lipinski definition) is 2. The summed E-state index contributed by atoms with van der Waals surface area (Å²) in [6, 6.07) is 7.88. The highest BCUT2D eigenvalue weighted by atomic mass is 32.2. The van der Waals surface area contributed by atoms with Gasteiger partial charge in [-0.3, -0.25) is 4.21 Å². The lowest BCUT2D eigenvalue weighted by Gasteiger charge is -2.18. The van der Waals surface area contributed by atoms with Crippen LogP contribution in [0.1, 0.15) is 31.9 Å². The summed E-state index contributed by atoms with van der Waals surface area (Å²) >= 11 is -2.12. The Balaban J connectivity index is 2.86. The first-order valence-electron chi connectivity index (χ1n) is 4.76. The first-order valence-corrected chi connectivity index (χ1v) is 5.90. The van der Waals surface area contributed by atoms with E-state index in [4.69, 9.17) is 0 Å². The topological polar surface area (TPSA) is 40.1 Å². The van der Waals surface area contributed by atoms with Crippen molar-refractivity contribution in [3.63, 3.8) is 0 Å². The number of benzene rings is 1. The molecule has 0 fully saturated rings. The van der Waals surface area contributed by atoms with E-state index in [9.17, 15) is 8.76 Å². The SMILES string of the molecule is CC(C)(C)c1ccc(/C=C/S(=O)[O-])cc1. The summed E-state index contributed by atoms with van der Waals surface area (Å²) in [5, 5.41) is 1.14. The molecule has 1 unspecified atom stereocenters. The third-order valence-electron chi connectivity index (χ3n) is 2.15. The van der Waals surface area contributed by atoms with Crippen molar-refractivity contribution in [2.45, 2.75) is 26.2 Å². The minimum absolute atomic E-state index is 0.129. The van der Waals surface area contributed by atoms with Gasteiger partial charge in [-0.1, -0.05) is 45.0 Å². The Bertz CT molecular complexity index is 372. The summed E-state index contributed by atoms with van der Waals surface area (Å²) in [6.07, 6.45) is 1.58. The largest absolute Gasteiger partial charge is 0.769 e. The molecule has 0 saturated heterocycles. The normalized spacial score (nSPS) is 14.4. The molecule has 0 bridgehead atoms. The fourth-order valence-corrected chi connectivity index (χ4v) is 1.50. The molecule has 0 N–H and O–H groups in total.